The number of ether oxygens (including phenoxy) is 1. The van der Waals surface area contributed by atoms with Crippen LogP contribution >= 0.6 is 0 Å². The van der Waals surface area contributed by atoms with E-state index in [2.05, 4.69) is 17.1 Å². The second-order valence-corrected chi connectivity index (χ2v) is 4.72. The van der Waals surface area contributed by atoms with Gasteiger partial charge in [-0.2, -0.15) is 0 Å². The number of rotatable bonds is 3. The van der Waals surface area contributed by atoms with Crippen molar-refractivity contribution in [1.29, 1.82) is 0 Å². The summed E-state index contributed by atoms with van der Waals surface area (Å²) in [5.74, 6) is 0.804. The summed E-state index contributed by atoms with van der Waals surface area (Å²) in [4.78, 5) is 4.32. The number of pyridine rings is 1. The minimum absolute atomic E-state index is 0.0248. The molecule has 3 rings (SSSR count). The quantitative estimate of drug-likeness (QED) is 0.728. The Bertz CT molecular complexity index is 725. The SMILES string of the molecule is CC(Oc1ccnc2c(N)cccc12)c1ccccc1. The van der Waals surface area contributed by atoms with Gasteiger partial charge in [0.1, 0.15) is 11.9 Å². The van der Waals surface area contributed by atoms with Crippen LogP contribution < -0.4 is 10.5 Å². The van der Waals surface area contributed by atoms with Gasteiger partial charge < -0.3 is 10.5 Å². The van der Waals surface area contributed by atoms with E-state index in [0.717, 1.165) is 22.2 Å². The standard InChI is InChI=1S/C17H16N2O/c1-12(13-6-3-2-4-7-13)20-16-10-11-19-17-14(16)8-5-9-15(17)18/h2-12H,18H2,1H3. The number of benzene rings is 2. The Hall–Kier alpha value is -2.55. The van der Waals surface area contributed by atoms with Gasteiger partial charge in [0.25, 0.3) is 0 Å². The van der Waals surface area contributed by atoms with Gasteiger partial charge in [-0.1, -0.05) is 36.4 Å². The van der Waals surface area contributed by atoms with Crippen molar-refractivity contribution in [2.75, 3.05) is 5.73 Å². The first-order valence-electron chi connectivity index (χ1n) is 6.60. The first kappa shape index (κ1) is 12.5. The third kappa shape index (κ3) is 2.30. The maximum absolute atomic E-state index is 6.07. The van der Waals surface area contributed by atoms with Crippen LogP contribution in [0.3, 0.4) is 0 Å². The molecule has 0 spiro atoms. The predicted octanol–water partition coefficient (Wildman–Crippen LogP) is 3.96. The maximum Gasteiger partial charge on any atom is 0.131 e. The molecule has 0 saturated carbocycles. The molecule has 3 heteroatoms. The Morgan fingerprint density at radius 3 is 2.60 bits per heavy atom. The van der Waals surface area contributed by atoms with Crippen LogP contribution in [-0.2, 0) is 0 Å². The Balaban J connectivity index is 1.97. The fourth-order valence-corrected chi connectivity index (χ4v) is 2.26. The summed E-state index contributed by atoms with van der Waals surface area (Å²) in [5.41, 5.74) is 8.54. The number of anilines is 1. The van der Waals surface area contributed by atoms with Gasteiger partial charge in [-0.15, -0.1) is 0 Å². The van der Waals surface area contributed by atoms with Crippen molar-refractivity contribution in [2.24, 2.45) is 0 Å². The zero-order chi connectivity index (χ0) is 13.9. The monoisotopic (exact) mass is 264 g/mol. The molecule has 0 saturated heterocycles. The summed E-state index contributed by atoms with van der Waals surface area (Å²) in [6.07, 6.45) is 1.70. The molecule has 100 valence electrons. The van der Waals surface area contributed by atoms with E-state index >= 15 is 0 Å². The van der Waals surface area contributed by atoms with Crippen molar-refractivity contribution in [3.05, 3.63) is 66.4 Å². The zero-order valence-corrected chi connectivity index (χ0v) is 11.3. The van der Waals surface area contributed by atoms with Gasteiger partial charge in [0, 0.05) is 11.6 Å². The fourth-order valence-electron chi connectivity index (χ4n) is 2.26. The molecule has 0 fully saturated rings. The Morgan fingerprint density at radius 1 is 1.00 bits per heavy atom. The van der Waals surface area contributed by atoms with E-state index < -0.39 is 0 Å². The van der Waals surface area contributed by atoms with Crippen molar-refractivity contribution in [2.45, 2.75) is 13.0 Å². The van der Waals surface area contributed by atoms with E-state index in [-0.39, 0.29) is 6.10 Å². The second-order valence-electron chi connectivity index (χ2n) is 4.72. The molecule has 0 aliphatic rings. The van der Waals surface area contributed by atoms with Crippen LogP contribution in [0, 0.1) is 0 Å². The Morgan fingerprint density at radius 2 is 1.80 bits per heavy atom. The highest BCUT2D eigenvalue weighted by molar-refractivity contribution is 5.93. The van der Waals surface area contributed by atoms with Gasteiger partial charge in [-0.25, -0.2) is 0 Å². The number of para-hydroxylation sites is 1. The number of hydrogen-bond acceptors (Lipinski definition) is 3. The third-order valence-electron chi connectivity index (χ3n) is 3.33. The maximum atomic E-state index is 6.07. The highest BCUT2D eigenvalue weighted by atomic mass is 16.5. The van der Waals surface area contributed by atoms with Crippen molar-refractivity contribution in [3.63, 3.8) is 0 Å². The number of nitrogen functional groups attached to an aromatic ring is 1. The summed E-state index contributed by atoms with van der Waals surface area (Å²) in [6, 6.07) is 17.8. The Kier molecular flexibility index (Phi) is 3.25. The molecule has 1 unspecified atom stereocenters. The van der Waals surface area contributed by atoms with Crippen LogP contribution in [0.1, 0.15) is 18.6 Å². The number of aromatic nitrogens is 1. The number of fused-ring (bicyclic) bond motifs is 1. The fraction of sp³-hybridized carbons (Fsp3) is 0.118. The third-order valence-corrected chi connectivity index (χ3v) is 3.33. The van der Waals surface area contributed by atoms with Crippen LogP contribution in [0.15, 0.2) is 60.8 Å². The smallest absolute Gasteiger partial charge is 0.131 e. The summed E-state index contributed by atoms with van der Waals surface area (Å²) >= 11 is 0. The number of hydrogen-bond donors (Lipinski definition) is 1. The largest absolute Gasteiger partial charge is 0.485 e. The summed E-state index contributed by atoms with van der Waals surface area (Å²) in [5, 5.41) is 0.940. The minimum atomic E-state index is -0.0248. The lowest BCUT2D eigenvalue weighted by Crippen LogP contribution is -2.03. The normalized spacial score (nSPS) is 12.2. The van der Waals surface area contributed by atoms with Crippen LogP contribution in [-0.4, -0.2) is 4.98 Å². The predicted molar refractivity (Wildman–Crippen MR) is 81.6 cm³/mol. The van der Waals surface area contributed by atoms with E-state index in [0.29, 0.717) is 5.69 Å². The molecule has 1 aromatic heterocycles. The second kappa shape index (κ2) is 5.21. The van der Waals surface area contributed by atoms with Gasteiger partial charge in [0.05, 0.1) is 11.2 Å². The molecule has 0 radical (unpaired) electrons. The molecule has 1 heterocycles. The van der Waals surface area contributed by atoms with E-state index in [1.54, 1.807) is 6.20 Å². The van der Waals surface area contributed by atoms with Crippen molar-refractivity contribution in [1.82, 2.24) is 4.98 Å². The first-order chi connectivity index (χ1) is 9.75. The molecule has 2 N–H and O–H groups in total. The summed E-state index contributed by atoms with van der Waals surface area (Å²) < 4.78 is 6.07. The average Bonchev–Trinajstić information content (AvgIpc) is 2.49. The zero-order valence-electron chi connectivity index (χ0n) is 11.3. The van der Waals surface area contributed by atoms with Crippen molar-refractivity contribution in [3.8, 4) is 5.75 Å². The number of nitrogens with zero attached hydrogens (tertiary/aromatic N) is 1. The van der Waals surface area contributed by atoms with Crippen LogP contribution in [0.2, 0.25) is 0 Å². The van der Waals surface area contributed by atoms with Gasteiger partial charge in [0.2, 0.25) is 0 Å². The molecule has 0 aliphatic carbocycles. The Labute approximate surface area is 118 Å². The molecular formula is C17H16N2O. The minimum Gasteiger partial charge on any atom is -0.485 e. The van der Waals surface area contributed by atoms with Crippen LogP contribution in [0.4, 0.5) is 5.69 Å². The molecular weight excluding hydrogens is 248 g/mol. The lowest BCUT2D eigenvalue weighted by Gasteiger charge is -2.16. The van der Waals surface area contributed by atoms with Crippen molar-refractivity contribution >= 4 is 16.6 Å². The summed E-state index contributed by atoms with van der Waals surface area (Å²) in [7, 11) is 0. The average molecular weight is 264 g/mol. The molecule has 2 aromatic carbocycles. The van der Waals surface area contributed by atoms with Crippen molar-refractivity contribution < 1.29 is 4.74 Å². The first-order valence-corrected chi connectivity index (χ1v) is 6.60. The van der Waals surface area contributed by atoms with Gasteiger partial charge in [0.15, 0.2) is 0 Å². The molecule has 1 atom stereocenters. The molecule has 3 aromatic rings. The lowest BCUT2D eigenvalue weighted by atomic mass is 10.1. The van der Waals surface area contributed by atoms with E-state index in [4.69, 9.17) is 10.5 Å². The molecule has 3 nitrogen and oxygen atoms in total. The molecule has 20 heavy (non-hydrogen) atoms. The highest BCUT2D eigenvalue weighted by Gasteiger charge is 2.10. The summed E-state index contributed by atoms with van der Waals surface area (Å²) in [6.45, 7) is 2.04. The molecule has 0 amide bonds. The number of nitrogens with two attached hydrogens (primary N) is 1. The van der Waals surface area contributed by atoms with Gasteiger partial charge in [-0.3, -0.25) is 4.98 Å². The highest BCUT2D eigenvalue weighted by Crippen LogP contribution is 2.30. The van der Waals surface area contributed by atoms with Crippen LogP contribution in [0.5, 0.6) is 5.75 Å². The van der Waals surface area contributed by atoms with Gasteiger partial charge >= 0.3 is 0 Å². The van der Waals surface area contributed by atoms with E-state index in [9.17, 15) is 0 Å². The van der Waals surface area contributed by atoms with Gasteiger partial charge in [-0.05, 0) is 30.7 Å². The van der Waals surface area contributed by atoms with E-state index in [1.807, 2.05) is 49.4 Å². The topological polar surface area (TPSA) is 48.1 Å². The molecule has 0 aliphatic heterocycles. The lowest BCUT2D eigenvalue weighted by molar-refractivity contribution is 0.230. The molecule has 0 bridgehead atoms. The van der Waals surface area contributed by atoms with Crippen LogP contribution in [0.25, 0.3) is 10.9 Å². The van der Waals surface area contributed by atoms with E-state index in [1.165, 1.54) is 0 Å².